The van der Waals surface area contributed by atoms with E-state index in [2.05, 4.69) is 34.9 Å². The lowest BCUT2D eigenvalue weighted by Crippen LogP contribution is -2.33. The van der Waals surface area contributed by atoms with Gasteiger partial charge in [-0.1, -0.05) is 36.4 Å². The van der Waals surface area contributed by atoms with Gasteiger partial charge >= 0.3 is 0 Å². The zero-order chi connectivity index (χ0) is 16.1. The van der Waals surface area contributed by atoms with E-state index >= 15 is 0 Å². The molecule has 1 atom stereocenters. The molecule has 0 bridgehead atoms. The van der Waals surface area contributed by atoms with Crippen molar-refractivity contribution in [3.8, 4) is 6.07 Å². The maximum atomic E-state index is 12.2. The SMILES string of the molecule is N#Cc1ccccc1NC(=O)CN[C@H]1CCCc2ccccc21. The molecule has 0 saturated heterocycles. The summed E-state index contributed by atoms with van der Waals surface area (Å²) < 4.78 is 0. The Bertz CT molecular complexity index is 748. The van der Waals surface area contributed by atoms with Crippen LogP contribution in [0.25, 0.3) is 0 Å². The van der Waals surface area contributed by atoms with Crippen molar-refractivity contribution < 1.29 is 4.79 Å². The number of nitrogens with one attached hydrogen (secondary N) is 2. The van der Waals surface area contributed by atoms with Crippen LogP contribution in [0.2, 0.25) is 0 Å². The fraction of sp³-hybridized carbons (Fsp3) is 0.263. The molecule has 0 fully saturated rings. The zero-order valence-electron chi connectivity index (χ0n) is 12.9. The Kier molecular flexibility index (Phi) is 4.70. The first-order valence-corrected chi connectivity index (χ1v) is 7.88. The van der Waals surface area contributed by atoms with Crippen LogP contribution in [0.1, 0.15) is 35.6 Å². The van der Waals surface area contributed by atoms with Gasteiger partial charge in [-0.15, -0.1) is 0 Å². The topological polar surface area (TPSA) is 64.9 Å². The third kappa shape index (κ3) is 3.58. The van der Waals surface area contributed by atoms with Gasteiger partial charge in [-0.2, -0.15) is 5.26 Å². The van der Waals surface area contributed by atoms with Crippen LogP contribution in [-0.4, -0.2) is 12.5 Å². The summed E-state index contributed by atoms with van der Waals surface area (Å²) in [7, 11) is 0. The minimum absolute atomic E-state index is 0.129. The van der Waals surface area contributed by atoms with Crippen molar-refractivity contribution in [1.29, 1.82) is 5.26 Å². The molecule has 2 aromatic rings. The first kappa shape index (κ1) is 15.3. The predicted molar refractivity (Wildman–Crippen MR) is 89.9 cm³/mol. The second-order valence-electron chi connectivity index (χ2n) is 5.73. The fourth-order valence-electron chi connectivity index (χ4n) is 3.07. The average molecular weight is 305 g/mol. The lowest BCUT2D eigenvalue weighted by Gasteiger charge is -2.26. The van der Waals surface area contributed by atoms with E-state index in [-0.39, 0.29) is 18.5 Å². The van der Waals surface area contributed by atoms with Gasteiger partial charge in [-0.05, 0) is 42.5 Å². The van der Waals surface area contributed by atoms with Crippen molar-refractivity contribution in [1.82, 2.24) is 5.32 Å². The monoisotopic (exact) mass is 305 g/mol. The van der Waals surface area contributed by atoms with E-state index in [9.17, 15) is 4.79 Å². The molecule has 0 heterocycles. The Morgan fingerprint density at radius 1 is 1.17 bits per heavy atom. The van der Waals surface area contributed by atoms with Crippen LogP contribution in [0.5, 0.6) is 0 Å². The van der Waals surface area contributed by atoms with Crippen LogP contribution in [0, 0.1) is 11.3 Å². The van der Waals surface area contributed by atoms with Crippen LogP contribution in [0.4, 0.5) is 5.69 Å². The Hall–Kier alpha value is -2.64. The Morgan fingerprint density at radius 2 is 1.96 bits per heavy atom. The Labute approximate surface area is 136 Å². The lowest BCUT2D eigenvalue weighted by atomic mass is 9.88. The highest BCUT2D eigenvalue weighted by atomic mass is 16.1. The van der Waals surface area contributed by atoms with Crippen molar-refractivity contribution in [2.24, 2.45) is 0 Å². The van der Waals surface area contributed by atoms with E-state index in [1.807, 2.05) is 6.07 Å². The van der Waals surface area contributed by atoms with Gasteiger partial charge in [0.2, 0.25) is 5.91 Å². The number of nitrogens with zero attached hydrogens (tertiary/aromatic N) is 1. The standard InChI is InChI=1S/C19H19N3O/c20-12-15-7-2-4-10-17(15)22-19(23)13-21-18-11-5-8-14-6-1-3-9-16(14)18/h1-4,6-7,9-10,18,21H,5,8,11,13H2,(H,22,23)/t18-/m0/s1. The number of benzene rings is 2. The Balaban J connectivity index is 1.61. The average Bonchev–Trinajstić information content (AvgIpc) is 2.60. The number of rotatable bonds is 4. The molecule has 2 N–H and O–H groups in total. The number of anilines is 1. The van der Waals surface area contributed by atoms with E-state index < -0.39 is 0 Å². The third-order valence-electron chi connectivity index (χ3n) is 4.20. The quantitative estimate of drug-likeness (QED) is 0.912. The van der Waals surface area contributed by atoms with Crippen molar-refractivity contribution in [3.63, 3.8) is 0 Å². The molecule has 0 aliphatic heterocycles. The number of carbonyl (C=O) groups excluding carboxylic acids is 1. The van der Waals surface area contributed by atoms with Crippen LogP contribution in [0.15, 0.2) is 48.5 Å². The molecular formula is C19H19N3O. The predicted octanol–water partition coefficient (Wildman–Crippen LogP) is 3.16. The number of fused-ring (bicyclic) bond motifs is 1. The normalized spacial score (nSPS) is 16.2. The van der Waals surface area contributed by atoms with Gasteiger partial charge in [0, 0.05) is 6.04 Å². The molecule has 1 aliphatic carbocycles. The second-order valence-corrected chi connectivity index (χ2v) is 5.73. The van der Waals surface area contributed by atoms with Gasteiger partial charge in [0.05, 0.1) is 17.8 Å². The molecule has 0 spiro atoms. The van der Waals surface area contributed by atoms with E-state index in [0.717, 1.165) is 19.3 Å². The minimum atomic E-state index is -0.129. The van der Waals surface area contributed by atoms with Crippen molar-refractivity contribution in [2.75, 3.05) is 11.9 Å². The molecule has 0 unspecified atom stereocenters. The number of para-hydroxylation sites is 1. The molecule has 1 aliphatic rings. The van der Waals surface area contributed by atoms with Crippen LogP contribution >= 0.6 is 0 Å². The summed E-state index contributed by atoms with van der Waals surface area (Å²) in [6, 6.07) is 17.7. The highest BCUT2D eigenvalue weighted by Gasteiger charge is 2.19. The summed E-state index contributed by atoms with van der Waals surface area (Å²) in [5.41, 5.74) is 3.70. The van der Waals surface area contributed by atoms with Gasteiger partial charge < -0.3 is 10.6 Å². The van der Waals surface area contributed by atoms with Gasteiger partial charge in [0.25, 0.3) is 0 Å². The molecule has 4 nitrogen and oxygen atoms in total. The maximum Gasteiger partial charge on any atom is 0.238 e. The van der Waals surface area contributed by atoms with E-state index in [1.165, 1.54) is 11.1 Å². The molecule has 0 aromatic heterocycles. The second kappa shape index (κ2) is 7.08. The lowest BCUT2D eigenvalue weighted by molar-refractivity contribution is -0.115. The van der Waals surface area contributed by atoms with Crippen molar-refractivity contribution in [3.05, 3.63) is 65.2 Å². The molecule has 1 amide bonds. The number of amides is 1. The number of hydrogen-bond acceptors (Lipinski definition) is 3. The summed E-state index contributed by atoms with van der Waals surface area (Å²) in [4.78, 5) is 12.2. The van der Waals surface area contributed by atoms with Crippen LogP contribution in [0.3, 0.4) is 0 Å². The summed E-state index contributed by atoms with van der Waals surface area (Å²) in [6.45, 7) is 0.235. The molecule has 3 rings (SSSR count). The van der Waals surface area contributed by atoms with E-state index in [1.54, 1.807) is 24.3 Å². The molecule has 116 valence electrons. The molecule has 4 heteroatoms. The van der Waals surface area contributed by atoms with Gasteiger partial charge in [-0.3, -0.25) is 4.79 Å². The highest BCUT2D eigenvalue weighted by Crippen LogP contribution is 2.29. The van der Waals surface area contributed by atoms with Gasteiger partial charge in [0.1, 0.15) is 6.07 Å². The van der Waals surface area contributed by atoms with Crippen LogP contribution < -0.4 is 10.6 Å². The van der Waals surface area contributed by atoms with Gasteiger partial charge in [0.15, 0.2) is 0 Å². The number of hydrogen-bond donors (Lipinski definition) is 2. The minimum Gasteiger partial charge on any atom is -0.324 e. The highest BCUT2D eigenvalue weighted by molar-refractivity contribution is 5.93. The summed E-state index contributed by atoms with van der Waals surface area (Å²) >= 11 is 0. The molecule has 23 heavy (non-hydrogen) atoms. The van der Waals surface area contributed by atoms with E-state index in [4.69, 9.17) is 5.26 Å². The summed E-state index contributed by atoms with van der Waals surface area (Å²) in [5.74, 6) is -0.129. The molecule has 0 saturated carbocycles. The number of aryl methyl sites for hydroxylation is 1. The maximum absolute atomic E-state index is 12.2. The van der Waals surface area contributed by atoms with Crippen molar-refractivity contribution >= 4 is 11.6 Å². The summed E-state index contributed by atoms with van der Waals surface area (Å²) in [6.07, 6.45) is 3.28. The van der Waals surface area contributed by atoms with E-state index in [0.29, 0.717) is 11.3 Å². The largest absolute Gasteiger partial charge is 0.324 e. The number of carbonyl (C=O) groups is 1. The number of nitriles is 1. The van der Waals surface area contributed by atoms with Gasteiger partial charge in [-0.25, -0.2) is 0 Å². The molecule has 0 radical (unpaired) electrons. The smallest absolute Gasteiger partial charge is 0.238 e. The summed E-state index contributed by atoms with van der Waals surface area (Å²) in [5, 5.41) is 15.2. The fourth-order valence-corrected chi connectivity index (χ4v) is 3.07. The third-order valence-corrected chi connectivity index (χ3v) is 4.20. The molecule has 2 aromatic carbocycles. The zero-order valence-corrected chi connectivity index (χ0v) is 12.9. The Morgan fingerprint density at radius 3 is 2.83 bits per heavy atom. The molecular weight excluding hydrogens is 286 g/mol. The van der Waals surface area contributed by atoms with Crippen molar-refractivity contribution in [2.45, 2.75) is 25.3 Å². The first-order chi connectivity index (χ1) is 11.3. The first-order valence-electron chi connectivity index (χ1n) is 7.88. The van der Waals surface area contributed by atoms with Crippen LogP contribution in [-0.2, 0) is 11.2 Å².